The summed E-state index contributed by atoms with van der Waals surface area (Å²) in [6, 6.07) is 4.06. The van der Waals surface area contributed by atoms with Gasteiger partial charge >= 0.3 is 5.69 Å². The molecule has 1 aromatic carbocycles. The minimum atomic E-state index is -0.629. The molecule has 27 heavy (non-hydrogen) atoms. The first kappa shape index (κ1) is 17.9. The van der Waals surface area contributed by atoms with Crippen molar-refractivity contribution in [3.8, 4) is 11.5 Å². The molecule has 0 unspecified atom stereocenters. The van der Waals surface area contributed by atoms with Crippen LogP contribution in [0.2, 0.25) is 0 Å². The molecule has 142 valence electrons. The number of nitrogens with one attached hydrogen (secondary N) is 1. The topological polar surface area (TPSA) is 89.9 Å². The van der Waals surface area contributed by atoms with E-state index in [-0.39, 0.29) is 5.69 Å². The van der Waals surface area contributed by atoms with E-state index in [1.807, 2.05) is 17.6 Å². The summed E-state index contributed by atoms with van der Waals surface area (Å²) >= 11 is 0. The summed E-state index contributed by atoms with van der Waals surface area (Å²) in [5.74, 6) is 1.04. The molecule has 1 aromatic rings. The Hall–Kier alpha value is -2.54. The number of H-pyrrole nitrogens is 1. The van der Waals surface area contributed by atoms with Crippen LogP contribution in [-0.4, -0.2) is 32.7 Å². The number of nitrogens with zero attached hydrogens (tertiary/aromatic N) is 3. The quantitative estimate of drug-likeness (QED) is 0.714. The van der Waals surface area contributed by atoms with E-state index in [0.29, 0.717) is 18.3 Å². The van der Waals surface area contributed by atoms with Crippen molar-refractivity contribution in [2.45, 2.75) is 46.1 Å². The minimum absolute atomic E-state index is 0.219. The predicted octanol–water partition coefficient (Wildman–Crippen LogP) is 2.41. The van der Waals surface area contributed by atoms with Crippen molar-refractivity contribution in [2.75, 3.05) is 13.2 Å². The number of aryl methyl sites for hydroxylation is 3. The molecule has 0 atom stereocenters. The zero-order chi connectivity index (χ0) is 19.0. The molecule has 0 radical (unpaired) electrons. The fourth-order valence-electron chi connectivity index (χ4n) is 3.85. The third-order valence-electron chi connectivity index (χ3n) is 5.56. The SMILES string of the molecule is Cc1cc2nc3c(=O)[nH]c(=O)nc-3n(CCCC3CCOCC3)c2cc1C. The van der Waals surface area contributed by atoms with Gasteiger partial charge in [-0.3, -0.25) is 9.78 Å². The van der Waals surface area contributed by atoms with E-state index in [2.05, 4.69) is 27.9 Å². The number of aromatic nitrogens is 4. The number of benzene rings is 1. The molecule has 3 heterocycles. The third kappa shape index (κ3) is 3.51. The summed E-state index contributed by atoms with van der Waals surface area (Å²) in [7, 11) is 0. The van der Waals surface area contributed by atoms with Crippen LogP contribution < -0.4 is 11.2 Å². The summed E-state index contributed by atoms with van der Waals surface area (Å²) in [5, 5.41) is 0. The van der Waals surface area contributed by atoms with E-state index >= 15 is 0 Å². The lowest BCUT2D eigenvalue weighted by Crippen LogP contribution is -2.29. The van der Waals surface area contributed by atoms with Gasteiger partial charge in [0.2, 0.25) is 0 Å². The average Bonchev–Trinajstić information content (AvgIpc) is 2.64. The normalized spacial score (nSPS) is 15.6. The van der Waals surface area contributed by atoms with Crippen molar-refractivity contribution in [1.29, 1.82) is 0 Å². The van der Waals surface area contributed by atoms with Crippen LogP contribution in [0.5, 0.6) is 0 Å². The third-order valence-corrected chi connectivity index (χ3v) is 5.56. The van der Waals surface area contributed by atoms with Gasteiger partial charge in [0.15, 0.2) is 11.5 Å². The molecule has 1 saturated heterocycles. The van der Waals surface area contributed by atoms with Gasteiger partial charge in [-0.15, -0.1) is 0 Å². The molecule has 0 aromatic heterocycles. The van der Waals surface area contributed by atoms with Crippen LogP contribution in [0.1, 0.15) is 36.8 Å². The molecule has 4 rings (SSSR count). The number of rotatable bonds is 4. The second-order valence-electron chi connectivity index (χ2n) is 7.43. The molecule has 0 bridgehead atoms. The molecule has 1 N–H and O–H groups in total. The van der Waals surface area contributed by atoms with E-state index in [4.69, 9.17) is 4.74 Å². The lowest BCUT2D eigenvalue weighted by molar-refractivity contribution is 0.0630. The van der Waals surface area contributed by atoms with Crippen LogP contribution in [0.3, 0.4) is 0 Å². The number of aromatic amines is 1. The molecule has 0 amide bonds. The van der Waals surface area contributed by atoms with Crippen molar-refractivity contribution in [2.24, 2.45) is 5.92 Å². The van der Waals surface area contributed by atoms with Crippen LogP contribution in [0.25, 0.3) is 22.6 Å². The Morgan fingerprint density at radius 1 is 1.15 bits per heavy atom. The van der Waals surface area contributed by atoms with Crippen LogP contribution in [0, 0.1) is 19.8 Å². The summed E-state index contributed by atoms with van der Waals surface area (Å²) in [5.41, 5.74) is 3.04. The zero-order valence-electron chi connectivity index (χ0n) is 15.7. The van der Waals surface area contributed by atoms with E-state index < -0.39 is 11.2 Å². The molecule has 3 aliphatic rings. The molecule has 1 fully saturated rings. The van der Waals surface area contributed by atoms with Gasteiger partial charge in [-0.05, 0) is 68.7 Å². The standard InChI is InChI=1S/C20H24N4O3/c1-12-10-15-16(11-13(12)2)24(7-3-4-14-5-8-27-9-6-14)18-17(21-15)19(25)23-20(26)22-18/h10-11,14H,3-9H2,1-2H3,(H,23,25,26). The lowest BCUT2D eigenvalue weighted by Gasteiger charge is -2.23. The molecule has 7 heteroatoms. The molecule has 0 saturated carbocycles. The highest BCUT2D eigenvalue weighted by atomic mass is 16.5. The monoisotopic (exact) mass is 368 g/mol. The first-order valence-corrected chi connectivity index (χ1v) is 9.52. The van der Waals surface area contributed by atoms with Crippen LogP contribution >= 0.6 is 0 Å². The maximum absolute atomic E-state index is 12.3. The maximum atomic E-state index is 12.3. The summed E-state index contributed by atoms with van der Waals surface area (Å²) in [6.45, 7) is 6.46. The first-order valence-electron chi connectivity index (χ1n) is 9.52. The van der Waals surface area contributed by atoms with Gasteiger partial charge in [-0.1, -0.05) is 0 Å². The molecular formula is C20H24N4O3. The van der Waals surface area contributed by atoms with Gasteiger partial charge in [-0.25, -0.2) is 9.78 Å². The summed E-state index contributed by atoms with van der Waals surface area (Å²) in [4.78, 5) is 34.9. The highest BCUT2D eigenvalue weighted by molar-refractivity contribution is 5.81. The molecule has 0 spiro atoms. The lowest BCUT2D eigenvalue weighted by atomic mass is 9.95. The van der Waals surface area contributed by atoms with Gasteiger partial charge in [0.05, 0.1) is 11.0 Å². The predicted molar refractivity (Wildman–Crippen MR) is 103 cm³/mol. The fourth-order valence-corrected chi connectivity index (χ4v) is 3.85. The number of hydrogen-bond donors (Lipinski definition) is 1. The Bertz CT molecular complexity index is 1060. The van der Waals surface area contributed by atoms with Gasteiger partial charge in [0.25, 0.3) is 5.56 Å². The maximum Gasteiger partial charge on any atom is 0.349 e. The van der Waals surface area contributed by atoms with E-state index in [1.54, 1.807) is 0 Å². The zero-order valence-corrected chi connectivity index (χ0v) is 15.7. The van der Waals surface area contributed by atoms with Crippen molar-refractivity contribution in [1.82, 2.24) is 19.5 Å². The summed E-state index contributed by atoms with van der Waals surface area (Å²) in [6.07, 6.45) is 4.26. The molecule has 7 nitrogen and oxygen atoms in total. The second-order valence-corrected chi connectivity index (χ2v) is 7.43. The second kappa shape index (κ2) is 7.23. The molecule has 3 aliphatic heterocycles. The van der Waals surface area contributed by atoms with Crippen LogP contribution in [-0.2, 0) is 11.3 Å². The minimum Gasteiger partial charge on any atom is -0.381 e. The first-order chi connectivity index (χ1) is 13.0. The number of ether oxygens (including phenoxy) is 1. The largest absolute Gasteiger partial charge is 0.381 e. The van der Waals surface area contributed by atoms with Crippen molar-refractivity contribution < 1.29 is 4.74 Å². The molecular weight excluding hydrogens is 344 g/mol. The number of fused-ring (bicyclic) bond motifs is 2. The van der Waals surface area contributed by atoms with Crippen LogP contribution in [0.4, 0.5) is 0 Å². The van der Waals surface area contributed by atoms with Gasteiger partial charge < -0.3 is 9.30 Å². The van der Waals surface area contributed by atoms with E-state index in [0.717, 1.165) is 61.1 Å². The Labute approximate surface area is 156 Å². The van der Waals surface area contributed by atoms with Gasteiger partial charge in [0, 0.05) is 19.8 Å². The Kier molecular flexibility index (Phi) is 4.78. The number of hydrogen-bond acceptors (Lipinski definition) is 5. The fraction of sp³-hybridized carbons (Fsp3) is 0.500. The Morgan fingerprint density at radius 3 is 2.67 bits per heavy atom. The van der Waals surface area contributed by atoms with Crippen LogP contribution in [0.15, 0.2) is 21.7 Å². The average molecular weight is 368 g/mol. The Morgan fingerprint density at radius 2 is 1.89 bits per heavy atom. The van der Waals surface area contributed by atoms with Crippen molar-refractivity contribution in [3.63, 3.8) is 0 Å². The van der Waals surface area contributed by atoms with Crippen molar-refractivity contribution >= 4 is 11.0 Å². The van der Waals surface area contributed by atoms with E-state index in [9.17, 15) is 9.59 Å². The Balaban J connectivity index is 1.78. The van der Waals surface area contributed by atoms with E-state index in [1.165, 1.54) is 0 Å². The molecule has 0 aliphatic carbocycles. The van der Waals surface area contributed by atoms with Crippen molar-refractivity contribution in [3.05, 3.63) is 44.1 Å². The summed E-state index contributed by atoms with van der Waals surface area (Å²) < 4.78 is 7.42. The van der Waals surface area contributed by atoms with Gasteiger partial charge in [0.1, 0.15) is 0 Å². The van der Waals surface area contributed by atoms with Gasteiger partial charge in [-0.2, -0.15) is 4.98 Å². The highest BCUT2D eigenvalue weighted by Gasteiger charge is 2.20. The smallest absolute Gasteiger partial charge is 0.349 e. The highest BCUT2D eigenvalue weighted by Crippen LogP contribution is 2.26.